The van der Waals surface area contributed by atoms with Gasteiger partial charge in [0.25, 0.3) is 0 Å². The van der Waals surface area contributed by atoms with Crippen LogP contribution in [-0.2, 0) is 0 Å². The highest BCUT2D eigenvalue weighted by Crippen LogP contribution is 2.54. The van der Waals surface area contributed by atoms with Gasteiger partial charge >= 0.3 is 0 Å². The summed E-state index contributed by atoms with van der Waals surface area (Å²) in [6.45, 7) is 8.27. The van der Waals surface area contributed by atoms with E-state index < -0.39 is 5.60 Å². The summed E-state index contributed by atoms with van der Waals surface area (Å²) in [5, 5.41) is 19.9. The van der Waals surface area contributed by atoms with E-state index in [1.807, 2.05) is 0 Å². The molecule has 1 saturated carbocycles. The van der Waals surface area contributed by atoms with Gasteiger partial charge in [-0.05, 0) is 49.0 Å². The Labute approximate surface area is 104 Å². The van der Waals surface area contributed by atoms with Crippen LogP contribution in [0, 0.1) is 11.3 Å². The first-order valence-corrected chi connectivity index (χ1v) is 6.63. The highest BCUT2D eigenvalue weighted by atomic mass is 16.3. The molecule has 0 aromatic heterocycles. The maximum Gasteiger partial charge on any atom is 0.0887 e. The molecule has 0 spiro atoms. The number of aliphatic hydroxyl groups excluding tert-OH is 1. The normalized spacial score (nSPS) is 41.6. The highest BCUT2D eigenvalue weighted by Gasteiger charge is 2.48. The molecule has 2 heteroatoms. The fourth-order valence-corrected chi connectivity index (χ4v) is 3.54. The predicted molar refractivity (Wildman–Crippen MR) is 69.6 cm³/mol. The maximum absolute atomic E-state index is 10.7. The Hall–Kier alpha value is -0.600. The molecule has 0 radical (unpaired) electrons. The van der Waals surface area contributed by atoms with E-state index in [2.05, 4.69) is 26.5 Å². The van der Waals surface area contributed by atoms with Gasteiger partial charge in [-0.25, -0.2) is 0 Å². The maximum atomic E-state index is 10.7. The summed E-state index contributed by atoms with van der Waals surface area (Å²) >= 11 is 0. The minimum Gasteiger partial charge on any atom is -0.392 e. The first-order chi connectivity index (χ1) is 7.92. The molecule has 3 atom stereocenters. The van der Waals surface area contributed by atoms with Crippen molar-refractivity contribution in [1.29, 1.82) is 0 Å². The van der Waals surface area contributed by atoms with Crippen LogP contribution in [0.25, 0.3) is 0 Å². The molecule has 2 aliphatic rings. The lowest BCUT2D eigenvalue weighted by atomic mass is 9.56. The van der Waals surface area contributed by atoms with Gasteiger partial charge in [0.15, 0.2) is 0 Å². The predicted octanol–water partition coefficient (Wildman–Crippen LogP) is 2.81. The van der Waals surface area contributed by atoms with E-state index in [-0.39, 0.29) is 12.0 Å². The summed E-state index contributed by atoms with van der Waals surface area (Å²) in [6, 6.07) is 0. The Kier molecular flexibility index (Phi) is 3.21. The second-order valence-corrected chi connectivity index (χ2v) is 6.10. The number of aliphatic hydroxyl groups is 2. The first-order valence-electron chi connectivity index (χ1n) is 6.63. The first kappa shape index (κ1) is 12.8. The molecule has 2 nitrogen and oxygen atoms in total. The number of fused-ring (bicyclic) bond motifs is 1. The minimum atomic E-state index is -0.869. The summed E-state index contributed by atoms with van der Waals surface area (Å²) in [5.74, 6) is 0.598. The van der Waals surface area contributed by atoms with Gasteiger partial charge in [-0.15, -0.1) is 0 Å². The van der Waals surface area contributed by atoms with E-state index in [1.165, 1.54) is 18.4 Å². The second-order valence-electron chi connectivity index (χ2n) is 6.10. The smallest absolute Gasteiger partial charge is 0.0887 e. The Morgan fingerprint density at radius 2 is 2.29 bits per heavy atom. The third-order valence-corrected chi connectivity index (χ3v) is 5.13. The second kappa shape index (κ2) is 4.25. The highest BCUT2D eigenvalue weighted by molar-refractivity contribution is 5.28. The van der Waals surface area contributed by atoms with Crippen LogP contribution in [-0.4, -0.2) is 22.4 Å². The fraction of sp³-hybridized carbons (Fsp3) is 0.733. The third-order valence-electron chi connectivity index (χ3n) is 5.13. The molecule has 2 rings (SSSR count). The zero-order valence-electron chi connectivity index (χ0n) is 11.0. The van der Waals surface area contributed by atoms with Crippen molar-refractivity contribution < 1.29 is 10.2 Å². The van der Waals surface area contributed by atoms with Crippen molar-refractivity contribution in [2.45, 2.75) is 51.6 Å². The molecule has 0 saturated heterocycles. The van der Waals surface area contributed by atoms with Gasteiger partial charge in [0.2, 0.25) is 0 Å². The van der Waals surface area contributed by atoms with Gasteiger partial charge in [-0.3, -0.25) is 0 Å². The van der Waals surface area contributed by atoms with Gasteiger partial charge in [0.05, 0.1) is 12.2 Å². The Morgan fingerprint density at radius 1 is 1.59 bits per heavy atom. The summed E-state index contributed by atoms with van der Waals surface area (Å²) in [5.41, 5.74) is 1.30. The number of hydrogen-bond donors (Lipinski definition) is 2. The summed E-state index contributed by atoms with van der Waals surface area (Å²) < 4.78 is 0. The number of hydrogen-bond acceptors (Lipinski definition) is 2. The van der Waals surface area contributed by atoms with Crippen LogP contribution in [0.3, 0.4) is 0 Å². The average molecular weight is 236 g/mol. The van der Waals surface area contributed by atoms with Crippen LogP contribution in [0.2, 0.25) is 0 Å². The fourth-order valence-electron chi connectivity index (χ4n) is 3.54. The topological polar surface area (TPSA) is 40.5 Å². The van der Waals surface area contributed by atoms with Crippen molar-refractivity contribution in [2.75, 3.05) is 6.61 Å². The minimum absolute atomic E-state index is 0.0867. The molecular formula is C15H24O2. The molecule has 96 valence electrons. The molecule has 0 heterocycles. The molecule has 0 aromatic carbocycles. The lowest BCUT2D eigenvalue weighted by Gasteiger charge is -2.51. The molecule has 17 heavy (non-hydrogen) atoms. The third kappa shape index (κ3) is 1.98. The SMILES string of the molecule is C=C(CO)C1(O)CCC2=CCCC(C)C2(C)C1. The Balaban J connectivity index is 2.29. The van der Waals surface area contributed by atoms with Gasteiger partial charge in [0, 0.05) is 0 Å². The number of allylic oxidation sites excluding steroid dienone is 2. The Morgan fingerprint density at radius 3 is 2.94 bits per heavy atom. The standard InChI is InChI=1S/C15H24O2/c1-11-5-4-6-13-7-8-15(17,12(2)9-16)10-14(11,13)3/h6,11,16-17H,2,4-5,7-10H2,1,3H3. The molecular weight excluding hydrogens is 212 g/mol. The van der Waals surface area contributed by atoms with Crippen LogP contribution in [0.5, 0.6) is 0 Å². The summed E-state index contributed by atoms with van der Waals surface area (Å²) in [4.78, 5) is 0. The van der Waals surface area contributed by atoms with Gasteiger partial charge in [-0.1, -0.05) is 32.1 Å². The van der Waals surface area contributed by atoms with Crippen molar-refractivity contribution in [3.63, 3.8) is 0 Å². The number of rotatable bonds is 2. The molecule has 0 aromatic rings. The van der Waals surface area contributed by atoms with Crippen LogP contribution < -0.4 is 0 Å². The molecule has 3 unspecified atom stereocenters. The van der Waals surface area contributed by atoms with Gasteiger partial charge < -0.3 is 10.2 Å². The van der Waals surface area contributed by atoms with E-state index >= 15 is 0 Å². The van der Waals surface area contributed by atoms with Crippen molar-refractivity contribution in [1.82, 2.24) is 0 Å². The van der Waals surface area contributed by atoms with Gasteiger partial charge in [-0.2, -0.15) is 0 Å². The molecule has 1 fully saturated rings. The van der Waals surface area contributed by atoms with Gasteiger partial charge in [0.1, 0.15) is 0 Å². The molecule has 2 aliphatic carbocycles. The zero-order chi connectivity index (χ0) is 12.7. The average Bonchev–Trinajstić information content (AvgIpc) is 2.29. The van der Waals surface area contributed by atoms with Crippen LogP contribution in [0.1, 0.15) is 46.0 Å². The van der Waals surface area contributed by atoms with E-state index in [4.69, 9.17) is 0 Å². The van der Waals surface area contributed by atoms with Crippen LogP contribution in [0.15, 0.2) is 23.8 Å². The van der Waals surface area contributed by atoms with E-state index in [0.29, 0.717) is 24.3 Å². The lowest BCUT2D eigenvalue weighted by molar-refractivity contribution is -0.0181. The summed E-state index contributed by atoms with van der Waals surface area (Å²) in [7, 11) is 0. The van der Waals surface area contributed by atoms with E-state index in [1.54, 1.807) is 0 Å². The molecule has 2 N–H and O–H groups in total. The van der Waals surface area contributed by atoms with E-state index in [9.17, 15) is 10.2 Å². The molecule has 0 aliphatic heterocycles. The van der Waals surface area contributed by atoms with E-state index in [0.717, 1.165) is 6.42 Å². The Bertz CT molecular complexity index is 358. The van der Waals surface area contributed by atoms with Crippen LogP contribution in [0.4, 0.5) is 0 Å². The zero-order valence-corrected chi connectivity index (χ0v) is 11.0. The van der Waals surface area contributed by atoms with Crippen LogP contribution >= 0.6 is 0 Å². The van der Waals surface area contributed by atoms with Crippen molar-refractivity contribution in [3.8, 4) is 0 Å². The van der Waals surface area contributed by atoms with Crippen molar-refractivity contribution >= 4 is 0 Å². The molecule has 0 bridgehead atoms. The lowest BCUT2D eigenvalue weighted by Crippen LogP contribution is -2.47. The largest absolute Gasteiger partial charge is 0.392 e. The molecule has 0 amide bonds. The summed E-state index contributed by atoms with van der Waals surface area (Å²) in [6.07, 6.45) is 7.09. The monoisotopic (exact) mass is 236 g/mol. The quantitative estimate of drug-likeness (QED) is 0.724. The van der Waals surface area contributed by atoms with Crippen molar-refractivity contribution in [3.05, 3.63) is 23.8 Å². The van der Waals surface area contributed by atoms with Crippen molar-refractivity contribution in [2.24, 2.45) is 11.3 Å².